The fourth-order valence-electron chi connectivity index (χ4n) is 1.90. The van der Waals surface area contributed by atoms with Gasteiger partial charge in [0.25, 0.3) is 0 Å². The number of thioether (sulfide) groups is 1. The van der Waals surface area contributed by atoms with Gasteiger partial charge in [0.2, 0.25) is 5.91 Å². The molecule has 1 amide bonds. The molecule has 5 heteroatoms. The molecule has 0 radical (unpaired) electrons. The Bertz CT molecular complexity index is 303. The summed E-state index contributed by atoms with van der Waals surface area (Å²) < 4.78 is 0. The highest BCUT2D eigenvalue weighted by molar-refractivity contribution is 7.99. The third kappa shape index (κ3) is 4.22. The number of carboxylic acid groups (broad SMARTS) is 1. The number of hydrogen-bond acceptors (Lipinski definition) is 3. The largest absolute Gasteiger partial charge is 0.480 e. The second kappa shape index (κ2) is 5.29. The molecule has 0 aromatic rings. The molecule has 1 aliphatic rings. The van der Waals surface area contributed by atoms with Crippen LogP contribution in [0.2, 0.25) is 0 Å². The highest BCUT2D eigenvalue weighted by Crippen LogP contribution is 2.28. The van der Waals surface area contributed by atoms with Crippen molar-refractivity contribution in [3.05, 3.63) is 0 Å². The van der Waals surface area contributed by atoms with Crippen LogP contribution in [0.1, 0.15) is 40.0 Å². The Hall–Kier alpha value is -0.710. The van der Waals surface area contributed by atoms with Gasteiger partial charge in [0, 0.05) is 6.42 Å². The molecule has 1 rings (SSSR count). The molecule has 1 aliphatic heterocycles. The third-order valence-corrected chi connectivity index (χ3v) is 3.81. The number of hydrogen-bond donors (Lipinski definition) is 2. The monoisotopic (exact) mass is 259 g/mol. The Morgan fingerprint density at radius 1 is 1.29 bits per heavy atom. The van der Waals surface area contributed by atoms with E-state index >= 15 is 0 Å². The quantitative estimate of drug-likeness (QED) is 0.812. The van der Waals surface area contributed by atoms with Gasteiger partial charge in [0.15, 0.2) is 0 Å². The highest BCUT2D eigenvalue weighted by atomic mass is 32.2. The first-order valence-corrected chi connectivity index (χ1v) is 7.03. The van der Waals surface area contributed by atoms with Crippen LogP contribution in [0.5, 0.6) is 0 Å². The van der Waals surface area contributed by atoms with Gasteiger partial charge in [-0.2, -0.15) is 11.8 Å². The Morgan fingerprint density at radius 3 is 2.24 bits per heavy atom. The predicted octanol–water partition coefficient (Wildman–Crippen LogP) is 1.89. The summed E-state index contributed by atoms with van der Waals surface area (Å²) in [6, 6.07) is 0. The topological polar surface area (TPSA) is 66.4 Å². The third-order valence-electron chi connectivity index (χ3n) is 2.83. The molecule has 1 fully saturated rings. The fraction of sp³-hybridized carbons (Fsp3) is 0.833. The molecular weight excluding hydrogens is 238 g/mol. The lowest BCUT2D eigenvalue weighted by molar-refractivity contribution is -0.148. The van der Waals surface area contributed by atoms with E-state index in [9.17, 15) is 14.7 Å². The number of rotatable bonds is 3. The van der Waals surface area contributed by atoms with Gasteiger partial charge in [-0.1, -0.05) is 20.8 Å². The van der Waals surface area contributed by atoms with Crippen LogP contribution in [-0.2, 0) is 9.59 Å². The van der Waals surface area contributed by atoms with Gasteiger partial charge in [-0.3, -0.25) is 4.79 Å². The molecule has 0 aromatic carbocycles. The lowest BCUT2D eigenvalue weighted by Crippen LogP contribution is -2.56. The number of amides is 1. The van der Waals surface area contributed by atoms with Gasteiger partial charge in [-0.05, 0) is 29.8 Å². The normalized spacial score (nSPS) is 19.7. The second-order valence-corrected chi connectivity index (χ2v) is 7.01. The van der Waals surface area contributed by atoms with Gasteiger partial charge < -0.3 is 10.4 Å². The summed E-state index contributed by atoms with van der Waals surface area (Å²) in [4.78, 5) is 23.2. The first kappa shape index (κ1) is 14.4. The molecule has 0 aromatic heterocycles. The summed E-state index contributed by atoms with van der Waals surface area (Å²) in [5.41, 5.74) is -1.15. The van der Waals surface area contributed by atoms with Crippen LogP contribution in [-0.4, -0.2) is 34.0 Å². The van der Waals surface area contributed by atoms with Gasteiger partial charge in [0.05, 0.1) is 0 Å². The SMILES string of the molecule is CC(C)(C)CC(=O)NC1(C(=O)O)CCSCC1. The fourth-order valence-corrected chi connectivity index (χ4v) is 3.09. The predicted molar refractivity (Wildman–Crippen MR) is 69.1 cm³/mol. The maximum atomic E-state index is 11.9. The molecular formula is C12H21NO3S. The molecule has 1 heterocycles. The average Bonchev–Trinajstić information content (AvgIpc) is 2.15. The van der Waals surface area contributed by atoms with Crippen molar-refractivity contribution in [1.82, 2.24) is 5.32 Å². The number of carboxylic acids is 1. The van der Waals surface area contributed by atoms with Crippen LogP contribution in [0.3, 0.4) is 0 Å². The van der Waals surface area contributed by atoms with E-state index in [2.05, 4.69) is 5.32 Å². The van der Waals surface area contributed by atoms with Gasteiger partial charge in [0.1, 0.15) is 5.54 Å². The molecule has 98 valence electrons. The van der Waals surface area contributed by atoms with Crippen LogP contribution in [0.4, 0.5) is 0 Å². The molecule has 0 unspecified atom stereocenters. The summed E-state index contributed by atoms with van der Waals surface area (Å²) in [7, 11) is 0. The van der Waals surface area contributed by atoms with Crippen molar-refractivity contribution in [1.29, 1.82) is 0 Å². The maximum Gasteiger partial charge on any atom is 0.329 e. The molecule has 17 heavy (non-hydrogen) atoms. The Kier molecular flexibility index (Phi) is 4.47. The minimum absolute atomic E-state index is 0.118. The second-order valence-electron chi connectivity index (χ2n) is 5.79. The minimum atomic E-state index is -1.03. The van der Waals surface area contributed by atoms with Crippen LogP contribution in [0.15, 0.2) is 0 Å². The summed E-state index contributed by atoms with van der Waals surface area (Å²) in [5, 5.41) is 12.0. The molecule has 0 spiro atoms. The standard InChI is InChI=1S/C12H21NO3S/c1-11(2,3)8-9(14)13-12(10(15)16)4-6-17-7-5-12/h4-8H2,1-3H3,(H,13,14)(H,15,16). The van der Waals surface area contributed by atoms with E-state index in [0.717, 1.165) is 11.5 Å². The smallest absolute Gasteiger partial charge is 0.329 e. The van der Waals surface area contributed by atoms with E-state index in [-0.39, 0.29) is 11.3 Å². The van der Waals surface area contributed by atoms with Crippen LogP contribution in [0, 0.1) is 5.41 Å². The summed E-state index contributed by atoms with van der Waals surface area (Å²) in [5.74, 6) is 0.524. The zero-order chi connectivity index (χ0) is 13.1. The van der Waals surface area contributed by atoms with Crippen molar-refractivity contribution in [2.45, 2.75) is 45.6 Å². The maximum absolute atomic E-state index is 11.9. The molecule has 0 saturated carbocycles. The number of carbonyl (C=O) groups excluding carboxylic acids is 1. The van der Waals surface area contributed by atoms with Crippen molar-refractivity contribution < 1.29 is 14.7 Å². The van der Waals surface area contributed by atoms with Crippen LogP contribution in [0.25, 0.3) is 0 Å². The van der Waals surface area contributed by atoms with Crippen molar-refractivity contribution in [3.8, 4) is 0 Å². The zero-order valence-electron chi connectivity index (χ0n) is 10.7. The van der Waals surface area contributed by atoms with E-state index in [1.165, 1.54) is 0 Å². The zero-order valence-corrected chi connectivity index (χ0v) is 11.5. The van der Waals surface area contributed by atoms with Crippen molar-refractivity contribution in [3.63, 3.8) is 0 Å². The first-order chi connectivity index (χ1) is 7.75. The Morgan fingerprint density at radius 2 is 1.82 bits per heavy atom. The van der Waals surface area contributed by atoms with Crippen LogP contribution >= 0.6 is 11.8 Å². The number of nitrogens with one attached hydrogen (secondary N) is 1. The number of carbonyl (C=O) groups is 2. The summed E-state index contributed by atoms with van der Waals surface area (Å²) >= 11 is 1.74. The Balaban J connectivity index is 2.67. The summed E-state index contributed by atoms with van der Waals surface area (Å²) in [6.07, 6.45) is 1.39. The minimum Gasteiger partial charge on any atom is -0.480 e. The lowest BCUT2D eigenvalue weighted by Gasteiger charge is -2.34. The lowest BCUT2D eigenvalue weighted by atomic mass is 9.88. The van der Waals surface area contributed by atoms with Gasteiger partial charge in [-0.15, -0.1) is 0 Å². The van der Waals surface area contributed by atoms with E-state index in [1.54, 1.807) is 11.8 Å². The van der Waals surface area contributed by atoms with E-state index in [4.69, 9.17) is 0 Å². The summed E-state index contributed by atoms with van der Waals surface area (Å²) in [6.45, 7) is 5.91. The van der Waals surface area contributed by atoms with E-state index < -0.39 is 11.5 Å². The van der Waals surface area contributed by atoms with Crippen molar-refractivity contribution >= 4 is 23.6 Å². The van der Waals surface area contributed by atoms with Crippen LogP contribution < -0.4 is 5.32 Å². The molecule has 0 aliphatic carbocycles. The molecule has 4 nitrogen and oxygen atoms in total. The number of aliphatic carboxylic acids is 1. The molecule has 2 N–H and O–H groups in total. The first-order valence-electron chi connectivity index (χ1n) is 5.87. The average molecular weight is 259 g/mol. The molecule has 0 atom stereocenters. The van der Waals surface area contributed by atoms with E-state index in [0.29, 0.717) is 19.3 Å². The molecule has 1 saturated heterocycles. The van der Waals surface area contributed by atoms with Crippen molar-refractivity contribution in [2.75, 3.05) is 11.5 Å². The molecule has 0 bridgehead atoms. The van der Waals surface area contributed by atoms with E-state index in [1.807, 2.05) is 20.8 Å². The van der Waals surface area contributed by atoms with Crippen molar-refractivity contribution in [2.24, 2.45) is 5.41 Å². The highest BCUT2D eigenvalue weighted by Gasteiger charge is 2.41. The van der Waals surface area contributed by atoms with Gasteiger partial charge in [-0.25, -0.2) is 4.79 Å². The Labute approximate surface area is 107 Å². The van der Waals surface area contributed by atoms with Gasteiger partial charge >= 0.3 is 5.97 Å².